The van der Waals surface area contributed by atoms with Crippen LogP contribution in [0.25, 0.3) is 0 Å². The molecule has 0 spiro atoms. The number of quaternary nitrogens is 1. The van der Waals surface area contributed by atoms with Crippen molar-refractivity contribution >= 4 is 0 Å². The van der Waals surface area contributed by atoms with Gasteiger partial charge in [0.2, 0.25) is 0 Å². The number of nitrogens with zero attached hydrogens (tertiary/aromatic N) is 1. The zero-order valence-electron chi connectivity index (χ0n) is 28.5. The quantitative estimate of drug-likeness (QED) is 0.0552. The summed E-state index contributed by atoms with van der Waals surface area (Å²) in [5.41, 5.74) is 0. The van der Waals surface area contributed by atoms with Crippen molar-refractivity contribution in [1.29, 1.82) is 0 Å². The van der Waals surface area contributed by atoms with E-state index in [9.17, 15) is 0 Å². The first kappa shape index (κ1) is 39.0. The van der Waals surface area contributed by atoms with Crippen molar-refractivity contribution < 1.29 is 4.48 Å². The van der Waals surface area contributed by atoms with Crippen LogP contribution in [0.2, 0.25) is 0 Å². The molecule has 0 aliphatic rings. The molecule has 39 heavy (non-hydrogen) atoms. The van der Waals surface area contributed by atoms with Gasteiger partial charge in [0.15, 0.2) is 0 Å². The highest BCUT2D eigenvalue weighted by molar-refractivity contribution is 4.52. The molecule has 1 heteroatoms. The molecule has 0 heterocycles. The van der Waals surface area contributed by atoms with E-state index in [1.807, 2.05) is 0 Å². The molecule has 236 valence electrons. The maximum absolute atomic E-state index is 2.47. The van der Waals surface area contributed by atoms with Crippen LogP contribution in [0.3, 0.4) is 0 Å². The molecule has 0 aromatic carbocycles. The fourth-order valence-corrected chi connectivity index (χ4v) is 6.29. The van der Waals surface area contributed by atoms with Crippen molar-refractivity contribution in [3.63, 3.8) is 0 Å². The Kier molecular flexibility index (Phi) is 32.4. The molecule has 0 rings (SSSR count). The molecule has 0 amide bonds. The summed E-state index contributed by atoms with van der Waals surface area (Å²) in [5.74, 6) is 0. The van der Waals surface area contributed by atoms with Gasteiger partial charge in [0.25, 0.3) is 0 Å². The summed E-state index contributed by atoms with van der Waals surface area (Å²) in [5, 5.41) is 0. The normalized spacial score (nSPS) is 12.0. The molecule has 0 aromatic heterocycles. The van der Waals surface area contributed by atoms with Crippen molar-refractivity contribution in [2.75, 3.05) is 27.2 Å². The van der Waals surface area contributed by atoms with E-state index in [4.69, 9.17) is 0 Å². The molecular formula is C38H80N+. The third kappa shape index (κ3) is 34.1. The van der Waals surface area contributed by atoms with Gasteiger partial charge in [-0.15, -0.1) is 0 Å². The van der Waals surface area contributed by atoms with Crippen molar-refractivity contribution in [3.05, 3.63) is 0 Å². The van der Waals surface area contributed by atoms with Crippen LogP contribution in [0.5, 0.6) is 0 Å². The van der Waals surface area contributed by atoms with Gasteiger partial charge in [-0.2, -0.15) is 0 Å². The van der Waals surface area contributed by atoms with E-state index in [1.165, 1.54) is 223 Å². The van der Waals surface area contributed by atoms with Gasteiger partial charge in [-0.3, -0.25) is 0 Å². The summed E-state index contributed by atoms with van der Waals surface area (Å²) in [7, 11) is 4.93. The lowest BCUT2D eigenvalue weighted by molar-refractivity contribution is -0.890. The topological polar surface area (TPSA) is 0 Å². The van der Waals surface area contributed by atoms with Crippen LogP contribution in [0, 0.1) is 0 Å². The minimum atomic E-state index is 1.25. The van der Waals surface area contributed by atoms with E-state index >= 15 is 0 Å². The van der Waals surface area contributed by atoms with E-state index in [2.05, 4.69) is 27.9 Å². The van der Waals surface area contributed by atoms with Crippen molar-refractivity contribution in [2.24, 2.45) is 0 Å². The fourth-order valence-electron chi connectivity index (χ4n) is 6.29. The Labute approximate surface area is 250 Å². The summed E-state index contributed by atoms with van der Waals surface area (Å²) in [6.07, 6.45) is 46.9. The molecule has 0 aromatic rings. The molecule has 0 saturated carbocycles. The molecule has 0 radical (unpaired) electrons. The number of hydrogen-bond acceptors (Lipinski definition) is 0. The Bertz CT molecular complexity index is 428. The third-order valence-corrected chi connectivity index (χ3v) is 9.23. The van der Waals surface area contributed by atoms with E-state index in [0.29, 0.717) is 0 Å². The molecule has 0 fully saturated rings. The average molecular weight is 551 g/mol. The van der Waals surface area contributed by atoms with Gasteiger partial charge >= 0.3 is 0 Å². The van der Waals surface area contributed by atoms with Gasteiger partial charge in [0.1, 0.15) is 0 Å². The molecule has 0 aliphatic carbocycles. The van der Waals surface area contributed by atoms with Gasteiger partial charge in [-0.05, 0) is 25.7 Å². The second kappa shape index (κ2) is 32.5. The van der Waals surface area contributed by atoms with Gasteiger partial charge in [-0.25, -0.2) is 0 Å². The third-order valence-electron chi connectivity index (χ3n) is 9.23. The van der Waals surface area contributed by atoms with E-state index in [-0.39, 0.29) is 0 Å². The first-order valence-corrected chi connectivity index (χ1v) is 18.9. The standard InChI is InChI=1S/C38H80N/c1-5-7-9-11-13-15-17-19-20-21-22-23-24-25-26-28-30-32-34-36-38-39(3,4)37-35-33-31-29-27-18-16-14-12-10-8-6-2/h5-38H2,1-4H3/q+1. The summed E-state index contributed by atoms with van der Waals surface area (Å²) in [4.78, 5) is 0. The highest BCUT2D eigenvalue weighted by Crippen LogP contribution is 2.16. The molecule has 0 atom stereocenters. The van der Waals surface area contributed by atoms with Crippen LogP contribution < -0.4 is 0 Å². The molecule has 0 unspecified atom stereocenters. The smallest absolute Gasteiger partial charge is 0.0782 e. The lowest BCUT2D eigenvalue weighted by Crippen LogP contribution is -2.41. The zero-order valence-corrected chi connectivity index (χ0v) is 28.5. The van der Waals surface area contributed by atoms with Crippen LogP contribution in [0.4, 0.5) is 0 Å². The van der Waals surface area contributed by atoms with Crippen LogP contribution >= 0.6 is 0 Å². The minimum absolute atomic E-state index is 1.25. The Morgan fingerprint density at radius 1 is 0.231 bits per heavy atom. The second-order valence-electron chi connectivity index (χ2n) is 14.0. The Morgan fingerprint density at radius 3 is 0.564 bits per heavy atom. The maximum atomic E-state index is 2.47. The highest BCUT2D eigenvalue weighted by atomic mass is 15.3. The Hall–Kier alpha value is -0.0400. The van der Waals surface area contributed by atoms with Gasteiger partial charge in [-0.1, -0.05) is 194 Å². The summed E-state index contributed by atoms with van der Waals surface area (Å²) in [6, 6.07) is 0. The SMILES string of the molecule is CCCCCCCCCCCCCCCCCCCCCC[N+](C)(C)CCCCCCCCCCCCCC. The van der Waals surface area contributed by atoms with Crippen LogP contribution in [0.15, 0.2) is 0 Å². The predicted octanol–water partition coefficient (Wildman–Crippen LogP) is 13.6. The van der Waals surface area contributed by atoms with Crippen molar-refractivity contribution in [3.8, 4) is 0 Å². The van der Waals surface area contributed by atoms with Crippen molar-refractivity contribution in [2.45, 2.75) is 219 Å². The summed E-state index contributed by atoms with van der Waals surface area (Å²) in [6.45, 7) is 7.39. The van der Waals surface area contributed by atoms with E-state index in [1.54, 1.807) is 0 Å². The summed E-state index contributed by atoms with van der Waals surface area (Å²) >= 11 is 0. The second-order valence-corrected chi connectivity index (χ2v) is 14.0. The lowest BCUT2D eigenvalue weighted by Gasteiger charge is -2.30. The zero-order chi connectivity index (χ0) is 28.5. The van der Waals surface area contributed by atoms with Crippen LogP contribution in [0.1, 0.15) is 219 Å². The van der Waals surface area contributed by atoms with Gasteiger partial charge in [0, 0.05) is 0 Å². The Balaban J connectivity index is 3.25. The van der Waals surface area contributed by atoms with Crippen molar-refractivity contribution in [1.82, 2.24) is 0 Å². The fraction of sp³-hybridized carbons (Fsp3) is 1.00. The molecule has 0 bridgehead atoms. The lowest BCUT2D eigenvalue weighted by atomic mass is 10.0. The maximum Gasteiger partial charge on any atom is 0.0782 e. The van der Waals surface area contributed by atoms with Gasteiger partial charge < -0.3 is 4.48 Å². The summed E-state index contributed by atoms with van der Waals surface area (Å²) < 4.78 is 1.25. The minimum Gasteiger partial charge on any atom is -0.328 e. The first-order valence-electron chi connectivity index (χ1n) is 18.9. The van der Waals surface area contributed by atoms with Crippen LogP contribution in [-0.2, 0) is 0 Å². The number of unbranched alkanes of at least 4 members (excludes halogenated alkanes) is 30. The average Bonchev–Trinajstić information content (AvgIpc) is 2.92. The molecular weight excluding hydrogens is 470 g/mol. The molecule has 1 nitrogen and oxygen atoms in total. The Morgan fingerprint density at radius 2 is 0.385 bits per heavy atom. The molecule has 0 saturated heterocycles. The largest absolute Gasteiger partial charge is 0.328 e. The monoisotopic (exact) mass is 551 g/mol. The van der Waals surface area contributed by atoms with E-state index in [0.717, 1.165) is 0 Å². The first-order chi connectivity index (χ1) is 19.1. The molecule has 0 N–H and O–H groups in total. The number of hydrogen-bond donors (Lipinski definition) is 0. The highest BCUT2D eigenvalue weighted by Gasteiger charge is 2.13. The van der Waals surface area contributed by atoms with Crippen LogP contribution in [-0.4, -0.2) is 31.7 Å². The number of rotatable bonds is 34. The van der Waals surface area contributed by atoms with Gasteiger partial charge in [0.05, 0.1) is 27.2 Å². The predicted molar refractivity (Wildman–Crippen MR) is 181 cm³/mol. The van der Waals surface area contributed by atoms with E-state index < -0.39 is 0 Å². The molecule has 0 aliphatic heterocycles.